The van der Waals surface area contributed by atoms with Crippen LogP contribution in [0.25, 0.3) is 21.9 Å². The molecule has 0 spiro atoms. The van der Waals surface area contributed by atoms with Crippen molar-refractivity contribution in [3.05, 3.63) is 126 Å². The second kappa shape index (κ2) is 27.4. The Morgan fingerprint density at radius 1 is 0.701 bits per heavy atom. The molecule has 4 amide bonds. The maximum atomic E-state index is 14.0. The molecule has 472 valence electrons. The van der Waals surface area contributed by atoms with Gasteiger partial charge in [0.25, 0.3) is 0 Å². The number of piperazine rings is 2. The highest BCUT2D eigenvalue weighted by Crippen LogP contribution is 2.37. The normalized spacial score (nSPS) is 19.9. The smallest absolute Gasteiger partial charge is 0.411 e. The Morgan fingerprint density at radius 3 is 1.78 bits per heavy atom. The molecule has 0 unspecified atom stereocenters. The number of β-amino-alcohol motifs (C(OH)–C–C–N with tert-alkyl or cyclic N) is 1. The minimum Gasteiger partial charge on any atom is -0.490 e. The summed E-state index contributed by atoms with van der Waals surface area (Å²) < 4.78 is 100.0. The van der Waals surface area contributed by atoms with Crippen molar-refractivity contribution in [1.82, 2.24) is 45.5 Å². The number of hydrogen-bond donors (Lipinski definition) is 5. The second-order valence-corrected chi connectivity index (χ2v) is 24.2. The van der Waals surface area contributed by atoms with Gasteiger partial charge in [-0.1, -0.05) is 48.5 Å². The molecule has 2 saturated heterocycles. The summed E-state index contributed by atoms with van der Waals surface area (Å²) in [5.74, 6) is -0.443. The molecule has 6 aromatic rings. The summed E-state index contributed by atoms with van der Waals surface area (Å²) in [6, 6.07) is 21.2. The number of hydrogen-bond acceptors (Lipinski definition) is 15. The van der Waals surface area contributed by atoms with Crippen molar-refractivity contribution >= 4 is 45.8 Å². The van der Waals surface area contributed by atoms with Crippen molar-refractivity contribution in [2.75, 3.05) is 65.5 Å². The molecule has 7 heterocycles. The first-order valence-electron chi connectivity index (χ1n) is 29.0. The number of benzene rings is 2. The molecule has 9 rings (SSSR count). The molecular weight excluding hydrogens is 1140 g/mol. The van der Waals surface area contributed by atoms with Crippen LogP contribution >= 0.6 is 0 Å². The molecule has 6 atom stereocenters. The van der Waals surface area contributed by atoms with Crippen molar-refractivity contribution in [3.8, 4) is 5.75 Å². The average Bonchev–Trinajstić information content (AvgIpc) is 1.87. The quantitative estimate of drug-likeness (QED) is 0.0509. The highest BCUT2D eigenvalue weighted by atomic mass is 19.4. The standard InChI is InChI=1S/C39H46F3N5O6.C23H31F3N4O4/c1-38(2,34-20-27-21-43-14-12-32(27)53-34)47-17-16-46(30(23-47)37(51)44-15-13-39(40,41)42)22-28(48)19-26(18-25-8-4-3-5-9-25)36(50)45-35-29-10-6-7-11-33(29)52-24-31(35)49;1-21(2,3)34-20(32)30-11-10-29(14-16(30)19(31)28-9-7-23(24,25)26)22(4,5)18-12-15-13-27-8-6-17(15)33-18/h3-12,14,20-21,26,28,30-31,35,48-49H,13,15-19,22-24H2,1-2H3,(H,44,51)(H,45,50);6,8,12-13,16H,7,9-11,14H2,1-5H3,(H,28,31)/t26-,28+,30+,31-,35+;16-/m10/s1. The van der Waals surface area contributed by atoms with Gasteiger partial charge in [0.1, 0.15) is 58.8 Å². The number of aromatic nitrogens is 2. The van der Waals surface area contributed by atoms with E-state index in [2.05, 4.69) is 30.8 Å². The minimum atomic E-state index is -4.43. The van der Waals surface area contributed by atoms with Crippen LogP contribution in [0, 0.1) is 5.92 Å². The number of nitrogens with one attached hydrogen (secondary N) is 3. The number of aliphatic hydroxyl groups excluding tert-OH is 2. The van der Waals surface area contributed by atoms with Crippen molar-refractivity contribution in [3.63, 3.8) is 0 Å². The number of para-hydroxylation sites is 1. The number of ether oxygens (including phenoxy) is 2. The van der Waals surface area contributed by atoms with E-state index in [0.717, 1.165) is 16.3 Å². The maximum Gasteiger partial charge on any atom is 0.411 e. The molecule has 0 bridgehead atoms. The number of halogens is 6. The molecule has 25 heteroatoms. The van der Waals surface area contributed by atoms with Gasteiger partial charge in [-0.15, -0.1) is 0 Å². The molecule has 2 aromatic carbocycles. The van der Waals surface area contributed by atoms with E-state index in [4.69, 9.17) is 18.3 Å². The zero-order valence-electron chi connectivity index (χ0n) is 49.8. The summed E-state index contributed by atoms with van der Waals surface area (Å²) in [5.41, 5.74) is 0.727. The second-order valence-electron chi connectivity index (χ2n) is 24.2. The fraction of sp³-hybridized carbons (Fsp3) is 0.516. The van der Waals surface area contributed by atoms with Gasteiger partial charge >= 0.3 is 18.4 Å². The lowest BCUT2D eigenvalue weighted by Crippen LogP contribution is -2.64. The molecule has 3 aliphatic rings. The van der Waals surface area contributed by atoms with E-state index in [-0.39, 0.29) is 45.1 Å². The molecule has 87 heavy (non-hydrogen) atoms. The first kappa shape index (κ1) is 65.7. The van der Waals surface area contributed by atoms with E-state index in [1.54, 1.807) is 80.8 Å². The molecule has 5 N–H and O–H groups in total. The zero-order chi connectivity index (χ0) is 63.1. The van der Waals surface area contributed by atoms with E-state index in [0.29, 0.717) is 60.1 Å². The van der Waals surface area contributed by atoms with Crippen molar-refractivity contribution in [2.45, 2.75) is 134 Å². The molecule has 19 nitrogen and oxygen atoms in total. The number of alkyl halides is 6. The fourth-order valence-electron chi connectivity index (χ4n) is 11.1. The van der Waals surface area contributed by atoms with Gasteiger partial charge in [0.15, 0.2) is 0 Å². The van der Waals surface area contributed by atoms with Gasteiger partial charge in [-0.25, -0.2) is 4.79 Å². The van der Waals surface area contributed by atoms with Crippen LogP contribution in [-0.4, -0.2) is 171 Å². The van der Waals surface area contributed by atoms with E-state index >= 15 is 0 Å². The number of nitrogens with zero attached hydrogens (tertiary/aromatic N) is 6. The summed E-state index contributed by atoms with van der Waals surface area (Å²) >= 11 is 0. The highest BCUT2D eigenvalue weighted by Gasteiger charge is 2.45. The van der Waals surface area contributed by atoms with Crippen LogP contribution in [0.1, 0.15) is 96.4 Å². The Morgan fingerprint density at radius 2 is 1.23 bits per heavy atom. The lowest BCUT2D eigenvalue weighted by molar-refractivity contribution is -0.140. The van der Waals surface area contributed by atoms with Crippen molar-refractivity contribution in [2.24, 2.45) is 5.92 Å². The van der Waals surface area contributed by atoms with Gasteiger partial charge in [-0.3, -0.25) is 44.0 Å². The summed E-state index contributed by atoms with van der Waals surface area (Å²) in [7, 11) is 0. The Balaban J connectivity index is 0.000000249. The summed E-state index contributed by atoms with van der Waals surface area (Å²) in [4.78, 5) is 68.6. The Labute approximate surface area is 500 Å². The van der Waals surface area contributed by atoms with E-state index in [1.807, 2.05) is 81.1 Å². The Kier molecular flexibility index (Phi) is 20.7. The molecular formula is C62H77F6N9O10. The zero-order valence-corrected chi connectivity index (χ0v) is 49.8. The summed E-state index contributed by atoms with van der Waals surface area (Å²) in [6.07, 6.45) is -6.90. The van der Waals surface area contributed by atoms with Crippen molar-refractivity contribution in [1.29, 1.82) is 0 Å². The lowest BCUT2D eigenvalue weighted by Gasteiger charge is -2.47. The number of fused-ring (bicyclic) bond motifs is 3. The van der Waals surface area contributed by atoms with Gasteiger partial charge in [0.05, 0.1) is 36.1 Å². The number of aliphatic hydroxyl groups is 2. The molecule has 3 aliphatic heterocycles. The predicted molar refractivity (Wildman–Crippen MR) is 310 cm³/mol. The monoisotopic (exact) mass is 1220 g/mol. The topological polar surface area (TPSA) is 228 Å². The minimum absolute atomic E-state index is 0.00320. The van der Waals surface area contributed by atoms with Crippen LogP contribution in [0.4, 0.5) is 31.1 Å². The van der Waals surface area contributed by atoms with Gasteiger partial charge in [-0.2, -0.15) is 26.3 Å². The van der Waals surface area contributed by atoms with Crippen LogP contribution < -0.4 is 20.7 Å². The number of furan rings is 2. The average molecular weight is 1220 g/mol. The third-order valence-corrected chi connectivity index (χ3v) is 16.0. The van der Waals surface area contributed by atoms with Crippen LogP contribution in [0.15, 0.2) is 112 Å². The number of rotatable bonds is 18. The summed E-state index contributed by atoms with van der Waals surface area (Å²) in [6.45, 7) is 13.4. The Hall–Kier alpha value is -7.32. The van der Waals surface area contributed by atoms with E-state index < -0.39 is 109 Å². The Bertz CT molecular complexity index is 3230. The van der Waals surface area contributed by atoms with Crippen LogP contribution in [-0.2, 0) is 36.6 Å². The number of carbonyl (C=O) groups excluding carboxylic acids is 4. The first-order chi connectivity index (χ1) is 41.0. The number of pyridine rings is 2. The summed E-state index contributed by atoms with van der Waals surface area (Å²) in [5, 5.41) is 31.8. The van der Waals surface area contributed by atoms with Gasteiger partial charge in [-0.05, 0) is 97.2 Å². The SMILES string of the molecule is CC(C)(C)OC(=O)N1CCN(C(C)(C)c2cc3cnccc3o2)C[C@H]1C(=O)NCCC(F)(F)F.CC(C)(c1cc2cnccc2o1)N1CCN(C[C@@H](O)C[C@@H](Cc2ccccc2)C(=O)N[C@H]2c3ccccc3OC[C@H]2O)[C@H](C(=O)NCCC(F)(F)F)C1. The molecule has 0 saturated carbocycles. The third kappa shape index (κ3) is 17.3. The fourth-order valence-corrected chi connectivity index (χ4v) is 11.1. The lowest BCUT2D eigenvalue weighted by atomic mass is 9.90. The number of amides is 4. The van der Waals surface area contributed by atoms with Crippen LogP contribution in [0.2, 0.25) is 0 Å². The molecule has 0 aliphatic carbocycles. The third-order valence-electron chi connectivity index (χ3n) is 16.0. The van der Waals surface area contributed by atoms with Crippen LogP contribution in [0.3, 0.4) is 0 Å². The first-order valence-corrected chi connectivity index (χ1v) is 29.0. The van der Waals surface area contributed by atoms with Gasteiger partial charge in [0.2, 0.25) is 17.7 Å². The maximum absolute atomic E-state index is 14.0. The molecule has 2 fully saturated rings. The van der Waals surface area contributed by atoms with Gasteiger partial charge in [0, 0.05) is 106 Å². The highest BCUT2D eigenvalue weighted by molar-refractivity contribution is 5.86. The van der Waals surface area contributed by atoms with E-state index in [9.17, 15) is 55.7 Å². The van der Waals surface area contributed by atoms with Gasteiger partial charge < -0.3 is 44.5 Å². The largest absolute Gasteiger partial charge is 0.490 e. The van der Waals surface area contributed by atoms with Crippen molar-refractivity contribution < 1.29 is 74.0 Å². The number of carbonyl (C=O) groups is 4. The molecule has 0 radical (unpaired) electrons. The molecule has 4 aromatic heterocycles. The van der Waals surface area contributed by atoms with Crippen LogP contribution in [0.5, 0.6) is 5.75 Å². The van der Waals surface area contributed by atoms with E-state index in [1.165, 1.54) is 4.90 Å². The predicted octanol–water partition coefficient (Wildman–Crippen LogP) is 8.39.